The summed E-state index contributed by atoms with van der Waals surface area (Å²) in [6.45, 7) is 1.51. The predicted molar refractivity (Wildman–Crippen MR) is 106 cm³/mol. The summed E-state index contributed by atoms with van der Waals surface area (Å²) in [4.78, 5) is 22.9. The van der Waals surface area contributed by atoms with Crippen LogP contribution >= 0.6 is 0 Å². The second kappa shape index (κ2) is 8.76. The molecule has 0 saturated heterocycles. The summed E-state index contributed by atoms with van der Waals surface area (Å²) in [5, 5.41) is 2.90. The van der Waals surface area contributed by atoms with E-state index < -0.39 is 0 Å². The highest BCUT2D eigenvalue weighted by molar-refractivity contribution is 5.91. The molecule has 0 aliphatic carbocycles. The summed E-state index contributed by atoms with van der Waals surface area (Å²) in [6, 6.07) is 17.9. The fourth-order valence-electron chi connectivity index (χ4n) is 2.61. The lowest BCUT2D eigenvalue weighted by molar-refractivity contribution is -0.116. The molecular weight excluding hydrogens is 324 g/mol. The van der Waals surface area contributed by atoms with Crippen LogP contribution in [0.15, 0.2) is 66.9 Å². The van der Waals surface area contributed by atoms with Crippen LogP contribution in [0.2, 0.25) is 0 Å². The van der Waals surface area contributed by atoms with E-state index in [1.807, 2.05) is 42.5 Å². The Morgan fingerprint density at radius 2 is 1.81 bits per heavy atom. The Bertz CT molecular complexity index is 893. The number of carbonyl (C=O) groups is 1. The quantitative estimate of drug-likeness (QED) is 0.527. The number of nitrogens with one attached hydrogen (secondary N) is 1. The van der Waals surface area contributed by atoms with E-state index in [1.165, 1.54) is 11.8 Å². The molecule has 26 heavy (non-hydrogen) atoms. The van der Waals surface area contributed by atoms with E-state index in [1.54, 1.807) is 12.3 Å². The highest BCUT2D eigenvalue weighted by Crippen LogP contribution is 2.11. The second-order valence-electron chi connectivity index (χ2n) is 6.02. The van der Waals surface area contributed by atoms with Crippen LogP contribution in [0.25, 0.3) is 17.1 Å². The van der Waals surface area contributed by atoms with Gasteiger partial charge in [0.25, 0.3) is 0 Å². The third kappa shape index (κ3) is 4.89. The minimum atomic E-state index is -0.123. The van der Waals surface area contributed by atoms with Crippen molar-refractivity contribution in [3.8, 4) is 0 Å². The van der Waals surface area contributed by atoms with E-state index in [0.717, 1.165) is 24.0 Å². The molecule has 0 saturated carbocycles. The Morgan fingerprint density at radius 3 is 2.62 bits per heavy atom. The Hall–Kier alpha value is -3.21. The van der Waals surface area contributed by atoms with E-state index >= 15 is 0 Å². The monoisotopic (exact) mass is 346 g/mol. The number of para-hydroxylation sites is 3. The third-order valence-electron chi connectivity index (χ3n) is 4.04. The highest BCUT2D eigenvalue weighted by atomic mass is 16.1. The SMILES string of the molecule is CN(CCCNC(=O)C=Cc1cnc2ccccc2n1)c1ccccc1. The lowest BCUT2D eigenvalue weighted by Crippen LogP contribution is -2.26. The van der Waals surface area contributed by atoms with Crippen molar-refractivity contribution in [2.75, 3.05) is 25.0 Å². The zero-order chi connectivity index (χ0) is 18.2. The van der Waals surface area contributed by atoms with E-state index in [9.17, 15) is 4.79 Å². The normalized spacial score (nSPS) is 11.0. The van der Waals surface area contributed by atoms with Crippen molar-refractivity contribution in [1.29, 1.82) is 0 Å². The predicted octanol–water partition coefficient (Wildman–Crippen LogP) is 3.29. The molecule has 1 heterocycles. The van der Waals surface area contributed by atoms with Crippen molar-refractivity contribution in [2.24, 2.45) is 0 Å². The number of amides is 1. The summed E-state index contributed by atoms with van der Waals surface area (Å²) in [6.07, 6.45) is 5.73. The van der Waals surface area contributed by atoms with Crippen molar-refractivity contribution in [3.63, 3.8) is 0 Å². The third-order valence-corrected chi connectivity index (χ3v) is 4.04. The molecule has 1 amide bonds. The first-order valence-corrected chi connectivity index (χ1v) is 8.66. The van der Waals surface area contributed by atoms with Crippen LogP contribution in [-0.4, -0.2) is 36.0 Å². The fourth-order valence-corrected chi connectivity index (χ4v) is 2.61. The van der Waals surface area contributed by atoms with Crippen molar-refractivity contribution in [2.45, 2.75) is 6.42 Å². The molecule has 0 radical (unpaired) electrons. The number of aromatic nitrogens is 2. The molecule has 0 aliphatic heterocycles. The molecule has 0 atom stereocenters. The number of anilines is 1. The number of nitrogens with zero attached hydrogens (tertiary/aromatic N) is 3. The summed E-state index contributed by atoms with van der Waals surface area (Å²) < 4.78 is 0. The zero-order valence-corrected chi connectivity index (χ0v) is 14.8. The summed E-state index contributed by atoms with van der Waals surface area (Å²) >= 11 is 0. The molecule has 3 rings (SSSR count). The number of carbonyl (C=O) groups excluding carboxylic acids is 1. The number of fused-ring (bicyclic) bond motifs is 1. The highest BCUT2D eigenvalue weighted by Gasteiger charge is 2.01. The lowest BCUT2D eigenvalue weighted by Gasteiger charge is -2.18. The van der Waals surface area contributed by atoms with Gasteiger partial charge in [-0.25, -0.2) is 4.98 Å². The van der Waals surface area contributed by atoms with Crippen molar-refractivity contribution in [3.05, 3.63) is 72.6 Å². The van der Waals surface area contributed by atoms with Gasteiger partial charge in [0.15, 0.2) is 0 Å². The van der Waals surface area contributed by atoms with Gasteiger partial charge in [0.1, 0.15) is 0 Å². The van der Waals surface area contributed by atoms with Gasteiger partial charge >= 0.3 is 0 Å². The second-order valence-corrected chi connectivity index (χ2v) is 6.02. The van der Waals surface area contributed by atoms with Crippen LogP contribution < -0.4 is 10.2 Å². The van der Waals surface area contributed by atoms with Crippen LogP contribution in [0, 0.1) is 0 Å². The standard InChI is InChI=1S/C21H22N4O/c1-25(18-8-3-2-4-9-18)15-7-14-22-21(26)13-12-17-16-23-19-10-5-6-11-20(19)24-17/h2-6,8-13,16H,7,14-15H2,1H3,(H,22,26). The molecule has 0 fully saturated rings. The average Bonchev–Trinajstić information content (AvgIpc) is 2.70. The summed E-state index contributed by atoms with van der Waals surface area (Å²) in [5.74, 6) is -0.123. The van der Waals surface area contributed by atoms with Gasteiger partial charge < -0.3 is 10.2 Å². The number of hydrogen-bond acceptors (Lipinski definition) is 4. The topological polar surface area (TPSA) is 58.1 Å². The minimum absolute atomic E-state index is 0.123. The molecule has 2 aromatic carbocycles. The maximum absolute atomic E-state index is 11.9. The first-order chi connectivity index (χ1) is 12.7. The summed E-state index contributed by atoms with van der Waals surface area (Å²) in [5.41, 5.74) is 3.51. The van der Waals surface area contributed by atoms with Gasteiger partial charge in [-0.3, -0.25) is 9.78 Å². The smallest absolute Gasteiger partial charge is 0.244 e. The Kier molecular flexibility index (Phi) is 5.93. The van der Waals surface area contributed by atoms with Gasteiger partial charge in [-0.05, 0) is 36.8 Å². The molecular formula is C21H22N4O. The van der Waals surface area contributed by atoms with Gasteiger partial charge in [-0.2, -0.15) is 0 Å². The molecule has 5 heteroatoms. The van der Waals surface area contributed by atoms with Crippen LogP contribution in [0.1, 0.15) is 12.1 Å². The lowest BCUT2D eigenvalue weighted by atomic mass is 10.3. The fraction of sp³-hybridized carbons (Fsp3) is 0.190. The largest absolute Gasteiger partial charge is 0.375 e. The van der Waals surface area contributed by atoms with Crippen molar-refractivity contribution in [1.82, 2.24) is 15.3 Å². The molecule has 0 bridgehead atoms. The molecule has 5 nitrogen and oxygen atoms in total. The first-order valence-electron chi connectivity index (χ1n) is 8.66. The molecule has 1 aromatic heterocycles. The zero-order valence-electron chi connectivity index (χ0n) is 14.8. The Labute approximate surface area is 153 Å². The van der Waals surface area contributed by atoms with Crippen LogP contribution in [0.4, 0.5) is 5.69 Å². The van der Waals surface area contributed by atoms with Crippen LogP contribution in [-0.2, 0) is 4.79 Å². The van der Waals surface area contributed by atoms with Gasteiger partial charge in [0, 0.05) is 31.9 Å². The summed E-state index contributed by atoms with van der Waals surface area (Å²) in [7, 11) is 2.05. The molecule has 0 spiro atoms. The molecule has 0 unspecified atom stereocenters. The Morgan fingerprint density at radius 1 is 1.08 bits per heavy atom. The number of benzene rings is 2. The Balaban J connectivity index is 1.44. The number of hydrogen-bond donors (Lipinski definition) is 1. The average molecular weight is 346 g/mol. The first kappa shape index (κ1) is 17.6. The van der Waals surface area contributed by atoms with Crippen LogP contribution in [0.3, 0.4) is 0 Å². The van der Waals surface area contributed by atoms with E-state index in [0.29, 0.717) is 12.2 Å². The number of rotatable bonds is 7. The minimum Gasteiger partial charge on any atom is -0.375 e. The maximum Gasteiger partial charge on any atom is 0.244 e. The van der Waals surface area contributed by atoms with Crippen molar-refractivity contribution >= 4 is 28.7 Å². The molecule has 132 valence electrons. The van der Waals surface area contributed by atoms with E-state index in [4.69, 9.17) is 0 Å². The van der Waals surface area contributed by atoms with Gasteiger partial charge in [-0.1, -0.05) is 30.3 Å². The molecule has 3 aromatic rings. The van der Waals surface area contributed by atoms with Gasteiger partial charge in [0.2, 0.25) is 5.91 Å². The maximum atomic E-state index is 11.9. The molecule has 1 N–H and O–H groups in total. The van der Waals surface area contributed by atoms with E-state index in [-0.39, 0.29) is 5.91 Å². The van der Waals surface area contributed by atoms with Crippen molar-refractivity contribution < 1.29 is 4.79 Å². The van der Waals surface area contributed by atoms with Gasteiger partial charge in [-0.15, -0.1) is 0 Å². The molecule has 0 aliphatic rings. The van der Waals surface area contributed by atoms with Crippen LogP contribution in [0.5, 0.6) is 0 Å². The van der Waals surface area contributed by atoms with Gasteiger partial charge in [0.05, 0.1) is 22.9 Å². The van der Waals surface area contributed by atoms with E-state index in [2.05, 4.69) is 39.4 Å².